The maximum Gasteiger partial charge on any atom is 0.324 e. The van der Waals surface area contributed by atoms with Crippen molar-refractivity contribution in [3.05, 3.63) is 53.6 Å². The fraction of sp³-hybridized carbons (Fsp3) is 0.222. The van der Waals surface area contributed by atoms with Crippen molar-refractivity contribution in [2.24, 2.45) is 0 Å². The predicted octanol–water partition coefficient (Wildman–Crippen LogP) is 2.20. The molecule has 0 fully saturated rings. The number of benzene rings is 2. The van der Waals surface area contributed by atoms with E-state index in [9.17, 15) is 18.0 Å². The lowest BCUT2D eigenvalue weighted by Crippen LogP contribution is -2.40. The Hall–Kier alpha value is -2.62. The van der Waals surface area contributed by atoms with E-state index < -0.39 is 34.5 Å². The fourth-order valence-electron chi connectivity index (χ4n) is 2.17. The quantitative estimate of drug-likeness (QED) is 0.626. The number of anilines is 1. The second-order valence-corrected chi connectivity index (χ2v) is 7.81. The first-order chi connectivity index (χ1) is 13.2. The summed E-state index contributed by atoms with van der Waals surface area (Å²) >= 11 is 5.88. The number of methoxy groups -OCH3 is 1. The van der Waals surface area contributed by atoms with Gasteiger partial charge in [0.1, 0.15) is 11.8 Å². The maximum atomic E-state index is 12.2. The Kier molecular flexibility index (Phi) is 7.38. The largest absolute Gasteiger partial charge is 0.495 e. The van der Waals surface area contributed by atoms with Crippen LogP contribution in [0.25, 0.3) is 0 Å². The van der Waals surface area contributed by atoms with Crippen molar-refractivity contribution in [2.75, 3.05) is 19.0 Å². The van der Waals surface area contributed by atoms with Crippen LogP contribution in [-0.4, -0.2) is 40.1 Å². The van der Waals surface area contributed by atoms with Gasteiger partial charge in [-0.15, -0.1) is 0 Å². The highest BCUT2D eigenvalue weighted by molar-refractivity contribution is 7.89. The highest BCUT2D eigenvalue weighted by atomic mass is 35.5. The molecule has 0 bridgehead atoms. The van der Waals surface area contributed by atoms with Crippen LogP contribution in [0.15, 0.2) is 53.4 Å². The Morgan fingerprint density at radius 1 is 1.14 bits per heavy atom. The Labute approximate surface area is 167 Å². The van der Waals surface area contributed by atoms with Crippen molar-refractivity contribution in [3.8, 4) is 5.75 Å². The van der Waals surface area contributed by atoms with E-state index in [0.717, 1.165) is 0 Å². The van der Waals surface area contributed by atoms with Crippen molar-refractivity contribution in [1.29, 1.82) is 0 Å². The number of amides is 1. The molecule has 1 atom stereocenters. The number of esters is 1. The average molecular weight is 427 g/mol. The zero-order chi connectivity index (χ0) is 20.7. The number of carbonyl (C=O) groups is 2. The first kappa shape index (κ1) is 21.7. The molecule has 10 heteroatoms. The van der Waals surface area contributed by atoms with Gasteiger partial charge in [-0.25, -0.2) is 8.42 Å². The van der Waals surface area contributed by atoms with Gasteiger partial charge in [-0.3, -0.25) is 9.59 Å². The smallest absolute Gasteiger partial charge is 0.324 e. The van der Waals surface area contributed by atoms with Crippen LogP contribution in [0.2, 0.25) is 5.02 Å². The first-order valence-corrected chi connectivity index (χ1v) is 9.96. The molecule has 1 amide bonds. The number of sulfonamides is 1. The maximum absolute atomic E-state index is 12.2. The molecule has 0 aliphatic rings. The van der Waals surface area contributed by atoms with Crippen LogP contribution in [0.4, 0.5) is 5.69 Å². The molecule has 28 heavy (non-hydrogen) atoms. The molecular weight excluding hydrogens is 408 g/mol. The number of nitrogens with one attached hydrogen (secondary N) is 2. The zero-order valence-electron chi connectivity index (χ0n) is 15.1. The molecule has 0 spiro atoms. The normalized spacial score (nSPS) is 12.1. The number of ether oxygens (including phenoxy) is 2. The van der Waals surface area contributed by atoms with E-state index in [1.54, 1.807) is 30.3 Å². The van der Waals surface area contributed by atoms with E-state index in [1.165, 1.54) is 32.2 Å². The molecule has 0 saturated carbocycles. The van der Waals surface area contributed by atoms with Gasteiger partial charge in [0.15, 0.2) is 6.61 Å². The van der Waals surface area contributed by atoms with E-state index in [-0.39, 0.29) is 4.90 Å². The summed E-state index contributed by atoms with van der Waals surface area (Å²) in [6.07, 6.45) is 0. The summed E-state index contributed by atoms with van der Waals surface area (Å²) in [7, 11) is -2.46. The third kappa shape index (κ3) is 5.95. The first-order valence-electron chi connectivity index (χ1n) is 8.10. The van der Waals surface area contributed by atoms with Gasteiger partial charge in [-0.1, -0.05) is 29.8 Å². The summed E-state index contributed by atoms with van der Waals surface area (Å²) < 4.78 is 36.6. The van der Waals surface area contributed by atoms with Crippen LogP contribution in [0.5, 0.6) is 5.75 Å². The number of halogens is 1. The van der Waals surface area contributed by atoms with Gasteiger partial charge in [-0.2, -0.15) is 4.72 Å². The minimum Gasteiger partial charge on any atom is -0.495 e. The SMILES string of the molecule is COc1ccc(Cl)cc1NC(=O)COC(=O)[C@H](C)NS(=O)(=O)c1ccccc1. The van der Waals surface area contributed by atoms with E-state index in [4.69, 9.17) is 21.1 Å². The molecule has 0 saturated heterocycles. The second-order valence-electron chi connectivity index (χ2n) is 5.66. The lowest BCUT2D eigenvalue weighted by atomic mass is 10.3. The van der Waals surface area contributed by atoms with Crippen molar-refractivity contribution in [1.82, 2.24) is 4.72 Å². The van der Waals surface area contributed by atoms with Crippen LogP contribution in [0.1, 0.15) is 6.92 Å². The summed E-state index contributed by atoms with van der Waals surface area (Å²) in [5, 5.41) is 2.89. The van der Waals surface area contributed by atoms with Crippen molar-refractivity contribution >= 4 is 39.2 Å². The highest BCUT2D eigenvalue weighted by Crippen LogP contribution is 2.27. The molecule has 2 N–H and O–H groups in total. The molecule has 0 radical (unpaired) electrons. The zero-order valence-corrected chi connectivity index (χ0v) is 16.7. The van der Waals surface area contributed by atoms with Gasteiger partial charge in [0.25, 0.3) is 5.91 Å². The molecule has 0 unspecified atom stereocenters. The highest BCUT2D eigenvalue weighted by Gasteiger charge is 2.23. The molecule has 0 aromatic heterocycles. The lowest BCUT2D eigenvalue weighted by Gasteiger charge is -2.14. The molecule has 0 aliphatic carbocycles. The predicted molar refractivity (Wildman–Crippen MR) is 104 cm³/mol. The average Bonchev–Trinajstić information content (AvgIpc) is 2.66. The molecule has 2 aromatic rings. The topological polar surface area (TPSA) is 111 Å². The molecule has 0 aliphatic heterocycles. The minimum absolute atomic E-state index is 0.0143. The Balaban J connectivity index is 1.91. The Bertz CT molecular complexity index is 950. The molecular formula is C18H19ClN2O6S. The lowest BCUT2D eigenvalue weighted by molar-refractivity contribution is -0.148. The summed E-state index contributed by atoms with van der Waals surface area (Å²) in [6, 6.07) is 11.1. The van der Waals surface area contributed by atoms with Crippen molar-refractivity contribution in [2.45, 2.75) is 17.9 Å². The Morgan fingerprint density at radius 2 is 1.82 bits per heavy atom. The van der Waals surface area contributed by atoms with E-state index >= 15 is 0 Å². The third-order valence-electron chi connectivity index (χ3n) is 3.52. The third-order valence-corrected chi connectivity index (χ3v) is 5.31. The molecule has 0 heterocycles. The van der Waals surface area contributed by atoms with Gasteiger partial charge >= 0.3 is 5.97 Å². The van der Waals surface area contributed by atoms with Crippen LogP contribution in [0, 0.1) is 0 Å². The van der Waals surface area contributed by atoms with Gasteiger partial charge in [0.2, 0.25) is 10.0 Å². The fourth-order valence-corrected chi connectivity index (χ4v) is 3.56. The minimum atomic E-state index is -3.89. The molecule has 150 valence electrons. The van der Waals surface area contributed by atoms with Gasteiger partial charge < -0.3 is 14.8 Å². The Morgan fingerprint density at radius 3 is 2.46 bits per heavy atom. The molecule has 8 nitrogen and oxygen atoms in total. The summed E-state index contributed by atoms with van der Waals surface area (Å²) in [5.74, 6) is -1.15. The summed E-state index contributed by atoms with van der Waals surface area (Å²) in [5.41, 5.74) is 0.314. The monoisotopic (exact) mass is 426 g/mol. The van der Waals surface area contributed by atoms with Crippen molar-refractivity contribution < 1.29 is 27.5 Å². The number of carbonyl (C=O) groups excluding carboxylic acids is 2. The van der Waals surface area contributed by atoms with E-state index in [1.807, 2.05) is 0 Å². The standard InChI is InChI=1S/C18H19ClN2O6S/c1-12(21-28(24,25)14-6-4-3-5-7-14)18(23)27-11-17(22)20-15-10-13(19)8-9-16(15)26-2/h3-10,12,21H,11H2,1-2H3,(H,20,22)/t12-/m0/s1. The number of hydrogen-bond acceptors (Lipinski definition) is 6. The summed E-state index contributed by atoms with van der Waals surface area (Å²) in [6.45, 7) is 0.715. The van der Waals surface area contributed by atoms with E-state index in [0.29, 0.717) is 16.5 Å². The molecule has 2 rings (SSSR count). The van der Waals surface area contributed by atoms with Crippen LogP contribution >= 0.6 is 11.6 Å². The van der Waals surface area contributed by atoms with E-state index in [2.05, 4.69) is 10.0 Å². The van der Waals surface area contributed by atoms with Crippen LogP contribution in [-0.2, 0) is 24.3 Å². The summed E-state index contributed by atoms with van der Waals surface area (Å²) in [4.78, 5) is 24.0. The van der Waals surface area contributed by atoms with Gasteiger partial charge in [0, 0.05) is 5.02 Å². The van der Waals surface area contributed by atoms with Gasteiger partial charge in [0.05, 0.1) is 17.7 Å². The van der Waals surface area contributed by atoms with Gasteiger partial charge in [-0.05, 0) is 37.3 Å². The van der Waals surface area contributed by atoms with Crippen molar-refractivity contribution in [3.63, 3.8) is 0 Å². The number of hydrogen-bond donors (Lipinski definition) is 2. The second kappa shape index (κ2) is 9.54. The van der Waals surface area contributed by atoms with Crippen LogP contribution < -0.4 is 14.8 Å². The molecule has 2 aromatic carbocycles. The van der Waals surface area contributed by atoms with Crippen LogP contribution in [0.3, 0.4) is 0 Å². The number of rotatable bonds is 8.